The van der Waals surface area contributed by atoms with Crippen molar-refractivity contribution >= 4 is 0 Å². The fourth-order valence-electron chi connectivity index (χ4n) is 2.15. The fraction of sp³-hybridized carbons (Fsp3) is 0.615. The van der Waals surface area contributed by atoms with Gasteiger partial charge in [0, 0.05) is 12.3 Å². The third kappa shape index (κ3) is 3.81. The molecule has 0 aliphatic carbocycles. The van der Waals surface area contributed by atoms with E-state index >= 15 is 0 Å². The zero-order valence-corrected chi connectivity index (χ0v) is 9.69. The Balaban J connectivity index is 1.58. The smallest absolute Gasteiger partial charge is 0.213 e. The lowest BCUT2D eigenvalue weighted by atomic mass is 9.95. The number of nitrogens with zero attached hydrogens (tertiary/aromatic N) is 1. The summed E-state index contributed by atoms with van der Waals surface area (Å²) in [7, 11) is 0. The number of nitrogens with one attached hydrogen (secondary N) is 1. The zero-order chi connectivity index (χ0) is 11.1. The molecule has 1 saturated heterocycles. The van der Waals surface area contributed by atoms with Gasteiger partial charge in [-0.25, -0.2) is 4.98 Å². The number of pyridine rings is 1. The molecular formula is C13H20N2O. The summed E-state index contributed by atoms with van der Waals surface area (Å²) in [5, 5.41) is 3.44. The Morgan fingerprint density at radius 3 is 3.19 bits per heavy atom. The van der Waals surface area contributed by atoms with E-state index in [1.165, 1.54) is 32.4 Å². The topological polar surface area (TPSA) is 34.1 Å². The number of aromatic nitrogens is 1. The van der Waals surface area contributed by atoms with E-state index in [1.54, 1.807) is 6.20 Å². The van der Waals surface area contributed by atoms with Crippen LogP contribution in [0.3, 0.4) is 0 Å². The molecule has 1 aliphatic heterocycles. The summed E-state index contributed by atoms with van der Waals surface area (Å²) in [4.78, 5) is 4.13. The maximum absolute atomic E-state index is 5.57. The predicted octanol–water partition coefficient (Wildman–Crippen LogP) is 2.24. The number of piperidine rings is 1. The first-order chi connectivity index (χ1) is 7.95. The minimum atomic E-state index is 0.740. The van der Waals surface area contributed by atoms with Gasteiger partial charge in [0.15, 0.2) is 0 Å². The Morgan fingerprint density at radius 1 is 1.44 bits per heavy atom. The number of ether oxygens (including phenoxy) is 1. The van der Waals surface area contributed by atoms with Crippen LogP contribution in [-0.2, 0) is 0 Å². The highest BCUT2D eigenvalue weighted by molar-refractivity contribution is 5.08. The lowest BCUT2D eigenvalue weighted by Crippen LogP contribution is -2.29. The van der Waals surface area contributed by atoms with E-state index in [2.05, 4.69) is 10.3 Å². The Morgan fingerprint density at radius 2 is 2.44 bits per heavy atom. The summed E-state index contributed by atoms with van der Waals surface area (Å²) in [6.07, 6.45) is 6.85. The predicted molar refractivity (Wildman–Crippen MR) is 64.6 cm³/mol. The lowest BCUT2D eigenvalue weighted by Gasteiger charge is -2.22. The molecule has 0 saturated carbocycles. The third-order valence-electron chi connectivity index (χ3n) is 3.04. The Hall–Kier alpha value is -1.09. The van der Waals surface area contributed by atoms with Gasteiger partial charge in [0.1, 0.15) is 0 Å². The normalized spacial score (nSPS) is 20.6. The molecule has 1 aromatic heterocycles. The van der Waals surface area contributed by atoms with Gasteiger partial charge in [-0.3, -0.25) is 0 Å². The third-order valence-corrected chi connectivity index (χ3v) is 3.04. The van der Waals surface area contributed by atoms with Gasteiger partial charge in [-0.05, 0) is 50.8 Å². The van der Waals surface area contributed by atoms with Crippen molar-refractivity contribution in [3.05, 3.63) is 24.4 Å². The van der Waals surface area contributed by atoms with Crippen LogP contribution in [0.2, 0.25) is 0 Å². The van der Waals surface area contributed by atoms with Crippen molar-refractivity contribution in [3.8, 4) is 5.88 Å². The molecule has 0 bridgehead atoms. The van der Waals surface area contributed by atoms with E-state index in [0.29, 0.717) is 0 Å². The molecule has 3 nitrogen and oxygen atoms in total. The largest absolute Gasteiger partial charge is 0.478 e. The SMILES string of the molecule is c1ccc(OCCCC2CCCNC2)nc1. The van der Waals surface area contributed by atoms with Crippen molar-refractivity contribution in [1.82, 2.24) is 10.3 Å². The average Bonchev–Trinajstić information content (AvgIpc) is 2.37. The molecule has 1 atom stereocenters. The van der Waals surface area contributed by atoms with Gasteiger partial charge in [-0.15, -0.1) is 0 Å². The summed E-state index contributed by atoms with van der Waals surface area (Å²) in [6.45, 7) is 3.16. The summed E-state index contributed by atoms with van der Waals surface area (Å²) >= 11 is 0. The van der Waals surface area contributed by atoms with E-state index in [-0.39, 0.29) is 0 Å². The first-order valence-corrected chi connectivity index (χ1v) is 6.20. The second-order valence-electron chi connectivity index (χ2n) is 4.37. The minimum Gasteiger partial charge on any atom is -0.478 e. The molecule has 0 radical (unpaired) electrons. The molecule has 1 unspecified atom stereocenters. The molecule has 3 heteroatoms. The average molecular weight is 220 g/mol. The second kappa shape index (κ2) is 6.48. The monoisotopic (exact) mass is 220 g/mol. The summed E-state index contributed by atoms with van der Waals surface area (Å²) < 4.78 is 5.57. The van der Waals surface area contributed by atoms with Crippen LogP contribution in [0.15, 0.2) is 24.4 Å². The second-order valence-corrected chi connectivity index (χ2v) is 4.37. The van der Waals surface area contributed by atoms with Crippen LogP contribution in [0.25, 0.3) is 0 Å². The van der Waals surface area contributed by atoms with E-state index in [9.17, 15) is 0 Å². The summed E-state index contributed by atoms with van der Waals surface area (Å²) in [5.74, 6) is 1.59. The maximum atomic E-state index is 5.57. The van der Waals surface area contributed by atoms with Crippen LogP contribution in [0.4, 0.5) is 0 Å². The lowest BCUT2D eigenvalue weighted by molar-refractivity contribution is 0.268. The van der Waals surface area contributed by atoms with Gasteiger partial charge in [0.2, 0.25) is 5.88 Å². The van der Waals surface area contributed by atoms with E-state index in [4.69, 9.17) is 4.74 Å². The maximum Gasteiger partial charge on any atom is 0.213 e. The van der Waals surface area contributed by atoms with Crippen LogP contribution in [-0.4, -0.2) is 24.7 Å². The highest BCUT2D eigenvalue weighted by Gasteiger charge is 2.11. The highest BCUT2D eigenvalue weighted by atomic mass is 16.5. The molecule has 0 aromatic carbocycles. The van der Waals surface area contributed by atoms with Crippen molar-refractivity contribution in [3.63, 3.8) is 0 Å². The molecule has 1 aromatic rings. The molecule has 1 aliphatic rings. The number of hydrogen-bond acceptors (Lipinski definition) is 3. The molecule has 2 rings (SSSR count). The quantitative estimate of drug-likeness (QED) is 0.773. The van der Waals surface area contributed by atoms with Gasteiger partial charge in [0.05, 0.1) is 6.61 Å². The van der Waals surface area contributed by atoms with Crippen molar-refractivity contribution in [1.29, 1.82) is 0 Å². The van der Waals surface area contributed by atoms with Gasteiger partial charge in [0.25, 0.3) is 0 Å². The standard InChI is InChI=1S/C13H20N2O/c1-2-9-15-13(7-1)16-10-4-6-12-5-3-8-14-11-12/h1-2,7,9,12,14H,3-6,8,10-11H2. The Bertz CT molecular complexity index is 283. The first-order valence-electron chi connectivity index (χ1n) is 6.20. The van der Waals surface area contributed by atoms with Crippen LogP contribution in [0.1, 0.15) is 25.7 Å². The first kappa shape index (κ1) is 11.4. The van der Waals surface area contributed by atoms with Crippen molar-refractivity contribution in [2.75, 3.05) is 19.7 Å². The van der Waals surface area contributed by atoms with E-state index in [0.717, 1.165) is 24.8 Å². The molecule has 1 N–H and O–H groups in total. The van der Waals surface area contributed by atoms with E-state index in [1.807, 2.05) is 18.2 Å². The van der Waals surface area contributed by atoms with Gasteiger partial charge in [-0.1, -0.05) is 6.07 Å². The summed E-state index contributed by atoms with van der Waals surface area (Å²) in [5.41, 5.74) is 0. The fourth-order valence-corrected chi connectivity index (χ4v) is 2.15. The van der Waals surface area contributed by atoms with Crippen molar-refractivity contribution in [2.24, 2.45) is 5.92 Å². The Kier molecular flexibility index (Phi) is 4.62. The number of hydrogen-bond donors (Lipinski definition) is 1. The van der Waals surface area contributed by atoms with Crippen LogP contribution >= 0.6 is 0 Å². The van der Waals surface area contributed by atoms with Crippen LogP contribution in [0, 0.1) is 5.92 Å². The van der Waals surface area contributed by atoms with Gasteiger partial charge >= 0.3 is 0 Å². The molecule has 0 amide bonds. The zero-order valence-electron chi connectivity index (χ0n) is 9.69. The molecular weight excluding hydrogens is 200 g/mol. The van der Waals surface area contributed by atoms with Crippen LogP contribution < -0.4 is 10.1 Å². The molecule has 88 valence electrons. The minimum absolute atomic E-state index is 0.740. The number of rotatable bonds is 5. The molecule has 1 fully saturated rings. The highest BCUT2D eigenvalue weighted by Crippen LogP contribution is 2.16. The summed E-state index contributed by atoms with van der Waals surface area (Å²) in [6, 6.07) is 5.76. The Labute approximate surface area is 97.2 Å². The van der Waals surface area contributed by atoms with Gasteiger partial charge < -0.3 is 10.1 Å². The van der Waals surface area contributed by atoms with Crippen molar-refractivity contribution in [2.45, 2.75) is 25.7 Å². The van der Waals surface area contributed by atoms with Crippen molar-refractivity contribution < 1.29 is 4.74 Å². The molecule has 16 heavy (non-hydrogen) atoms. The van der Waals surface area contributed by atoms with Gasteiger partial charge in [-0.2, -0.15) is 0 Å². The molecule has 2 heterocycles. The van der Waals surface area contributed by atoms with Crippen LogP contribution in [0.5, 0.6) is 5.88 Å². The van der Waals surface area contributed by atoms with E-state index < -0.39 is 0 Å². The molecule has 0 spiro atoms.